The zero-order valence-corrected chi connectivity index (χ0v) is 13.4. The van der Waals surface area contributed by atoms with Crippen LogP contribution in [-0.2, 0) is 4.79 Å². The molecule has 2 amide bonds. The Kier molecular flexibility index (Phi) is 3.85. The van der Waals surface area contributed by atoms with Crippen LogP contribution in [-0.4, -0.2) is 23.3 Å². The molecule has 3 rings (SSSR count). The van der Waals surface area contributed by atoms with Crippen molar-refractivity contribution < 1.29 is 9.59 Å². The molecule has 2 aliphatic rings. The Bertz CT molecular complexity index is 622. The second-order valence-electron chi connectivity index (χ2n) is 5.32. The zero-order valence-electron chi connectivity index (χ0n) is 11.9. The van der Waals surface area contributed by atoms with Gasteiger partial charge in [-0.05, 0) is 37.5 Å². The molecule has 0 bridgehead atoms. The minimum atomic E-state index is -0.323. The number of allylic oxidation sites excluding steroid dienone is 1. The molecule has 0 radical (unpaired) electrons. The molecule has 5 heteroatoms. The van der Waals surface area contributed by atoms with E-state index in [1.165, 1.54) is 0 Å². The summed E-state index contributed by atoms with van der Waals surface area (Å²) in [6, 6.07) is 7.32. The summed E-state index contributed by atoms with van der Waals surface area (Å²) < 4.78 is 0.979. The van der Waals surface area contributed by atoms with Gasteiger partial charge < -0.3 is 5.32 Å². The number of hydrogen-bond donors (Lipinski definition) is 1. The lowest BCUT2D eigenvalue weighted by atomic mass is 9.85. The molecule has 0 spiro atoms. The van der Waals surface area contributed by atoms with Crippen molar-refractivity contribution in [2.24, 2.45) is 0 Å². The third-order valence-electron chi connectivity index (χ3n) is 4.08. The first-order chi connectivity index (χ1) is 10.1. The fourth-order valence-corrected chi connectivity index (χ4v) is 3.35. The van der Waals surface area contributed by atoms with Crippen LogP contribution in [0.1, 0.15) is 37.8 Å². The van der Waals surface area contributed by atoms with Gasteiger partial charge >= 0.3 is 6.03 Å². The standard InChI is InChI=1S/C16H17BrN2O2/c1-2-19-12-4-3-5-13(20)14(12)15(18-16(19)21)10-6-8-11(17)9-7-10/h6-9,15H,2-5H2,1H3,(H,18,21). The van der Waals surface area contributed by atoms with Crippen LogP contribution in [0, 0.1) is 0 Å². The highest BCUT2D eigenvalue weighted by Gasteiger charge is 2.37. The normalized spacial score (nSPS) is 22.2. The fraction of sp³-hybridized carbons (Fsp3) is 0.375. The molecule has 0 aromatic heterocycles. The molecule has 0 saturated carbocycles. The molecule has 1 atom stereocenters. The predicted molar refractivity (Wildman–Crippen MR) is 83.7 cm³/mol. The average Bonchev–Trinajstić information content (AvgIpc) is 2.47. The number of halogens is 1. The van der Waals surface area contributed by atoms with E-state index >= 15 is 0 Å². The summed E-state index contributed by atoms with van der Waals surface area (Å²) in [5, 5.41) is 2.98. The van der Waals surface area contributed by atoms with Crippen molar-refractivity contribution in [1.29, 1.82) is 0 Å². The van der Waals surface area contributed by atoms with Gasteiger partial charge in [-0.25, -0.2) is 4.79 Å². The lowest BCUT2D eigenvalue weighted by Crippen LogP contribution is -2.49. The number of nitrogens with one attached hydrogen (secondary N) is 1. The van der Waals surface area contributed by atoms with Crippen LogP contribution in [0.15, 0.2) is 40.0 Å². The first kappa shape index (κ1) is 14.3. The van der Waals surface area contributed by atoms with Crippen molar-refractivity contribution in [3.8, 4) is 0 Å². The zero-order chi connectivity index (χ0) is 15.0. The maximum atomic E-state index is 12.4. The lowest BCUT2D eigenvalue weighted by Gasteiger charge is -2.38. The third kappa shape index (κ3) is 2.50. The molecule has 1 aliphatic carbocycles. The molecule has 1 aromatic rings. The minimum Gasteiger partial charge on any atom is -0.327 e. The first-order valence-corrected chi connectivity index (χ1v) is 8.01. The highest BCUT2D eigenvalue weighted by Crippen LogP contribution is 2.37. The van der Waals surface area contributed by atoms with Gasteiger partial charge in [-0.3, -0.25) is 9.69 Å². The fourth-order valence-electron chi connectivity index (χ4n) is 3.09. The summed E-state index contributed by atoms with van der Waals surface area (Å²) in [6.45, 7) is 2.52. The number of nitrogens with zero attached hydrogens (tertiary/aromatic N) is 1. The molecule has 1 aromatic carbocycles. The van der Waals surface area contributed by atoms with Crippen LogP contribution in [0.5, 0.6) is 0 Å². The van der Waals surface area contributed by atoms with Crippen molar-refractivity contribution in [2.75, 3.05) is 6.54 Å². The Morgan fingerprint density at radius 3 is 2.62 bits per heavy atom. The van der Waals surface area contributed by atoms with Gasteiger partial charge in [-0.2, -0.15) is 0 Å². The van der Waals surface area contributed by atoms with Crippen molar-refractivity contribution in [1.82, 2.24) is 10.2 Å². The van der Waals surface area contributed by atoms with E-state index in [0.29, 0.717) is 13.0 Å². The van der Waals surface area contributed by atoms with Crippen molar-refractivity contribution in [3.05, 3.63) is 45.6 Å². The number of Topliss-reactive ketones (excluding diaryl/α,β-unsaturated/α-hetero) is 1. The van der Waals surface area contributed by atoms with Crippen molar-refractivity contribution in [2.45, 2.75) is 32.2 Å². The molecule has 110 valence electrons. The Hall–Kier alpha value is -1.62. The monoisotopic (exact) mass is 348 g/mol. The molecule has 1 heterocycles. The van der Waals surface area contributed by atoms with E-state index in [9.17, 15) is 9.59 Å². The molecular weight excluding hydrogens is 332 g/mol. The molecule has 1 N–H and O–H groups in total. The second kappa shape index (κ2) is 5.64. The van der Waals surface area contributed by atoms with Gasteiger partial charge in [0.25, 0.3) is 0 Å². The molecule has 1 unspecified atom stereocenters. The van der Waals surface area contributed by atoms with Crippen LogP contribution in [0.4, 0.5) is 4.79 Å². The Balaban J connectivity index is 2.09. The number of benzene rings is 1. The Morgan fingerprint density at radius 2 is 1.95 bits per heavy atom. The van der Waals surface area contributed by atoms with Gasteiger partial charge in [-0.15, -0.1) is 0 Å². The third-order valence-corrected chi connectivity index (χ3v) is 4.60. The molecule has 1 aliphatic heterocycles. The van der Waals surface area contributed by atoms with E-state index in [-0.39, 0.29) is 17.9 Å². The van der Waals surface area contributed by atoms with Gasteiger partial charge in [0.2, 0.25) is 0 Å². The van der Waals surface area contributed by atoms with E-state index in [1.807, 2.05) is 31.2 Å². The largest absolute Gasteiger partial charge is 0.327 e. The number of carbonyl (C=O) groups excluding carboxylic acids is 2. The summed E-state index contributed by atoms with van der Waals surface area (Å²) in [5.74, 6) is 0.155. The number of rotatable bonds is 2. The topological polar surface area (TPSA) is 49.4 Å². The smallest absolute Gasteiger partial charge is 0.322 e. The first-order valence-electron chi connectivity index (χ1n) is 7.21. The molecule has 0 saturated heterocycles. The van der Waals surface area contributed by atoms with Crippen LogP contribution >= 0.6 is 15.9 Å². The summed E-state index contributed by atoms with van der Waals surface area (Å²) in [7, 11) is 0. The summed E-state index contributed by atoms with van der Waals surface area (Å²) >= 11 is 3.41. The summed E-state index contributed by atoms with van der Waals surface area (Å²) in [6.07, 6.45) is 2.20. The van der Waals surface area contributed by atoms with Crippen LogP contribution in [0.25, 0.3) is 0 Å². The highest BCUT2D eigenvalue weighted by atomic mass is 79.9. The van der Waals surface area contributed by atoms with E-state index in [1.54, 1.807) is 4.90 Å². The summed E-state index contributed by atoms with van der Waals surface area (Å²) in [5.41, 5.74) is 2.63. The number of urea groups is 1. The van der Waals surface area contributed by atoms with Crippen LogP contribution in [0.3, 0.4) is 0 Å². The minimum absolute atomic E-state index is 0.112. The average molecular weight is 349 g/mol. The number of amides is 2. The second-order valence-corrected chi connectivity index (χ2v) is 6.23. The van der Waals surface area contributed by atoms with Gasteiger partial charge in [0.15, 0.2) is 5.78 Å². The SMILES string of the molecule is CCN1C(=O)NC(c2ccc(Br)cc2)C2=C1CCCC2=O. The Morgan fingerprint density at radius 1 is 1.24 bits per heavy atom. The van der Waals surface area contributed by atoms with Gasteiger partial charge in [0.1, 0.15) is 0 Å². The quantitative estimate of drug-likeness (QED) is 0.888. The Labute approximate surface area is 132 Å². The van der Waals surface area contributed by atoms with Gasteiger partial charge in [0.05, 0.1) is 6.04 Å². The van der Waals surface area contributed by atoms with Gasteiger partial charge in [0, 0.05) is 28.7 Å². The molecule has 0 fully saturated rings. The lowest BCUT2D eigenvalue weighted by molar-refractivity contribution is -0.116. The molecule has 21 heavy (non-hydrogen) atoms. The maximum absolute atomic E-state index is 12.4. The number of carbonyl (C=O) groups is 2. The van der Waals surface area contributed by atoms with Gasteiger partial charge in [-0.1, -0.05) is 28.1 Å². The summed E-state index contributed by atoms with van der Waals surface area (Å²) in [4.78, 5) is 26.4. The van der Waals surface area contributed by atoms with E-state index in [4.69, 9.17) is 0 Å². The van der Waals surface area contributed by atoms with Crippen LogP contribution in [0.2, 0.25) is 0 Å². The van der Waals surface area contributed by atoms with E-state index in [0.717, 1.165) is 34.1 Å². The van der Waals surface area contributed by atoms with Crippen LogP contribution < -0.4 is 5.32 Å². The van der Waals surface area contributed by atoms with E-state index in [2.05, 4.69) is 21.2 Å². The number of ketones is 1. The predicted octanol–water partition coefficient (Wildman–Crippen LogP) is 3.54. The highest BCUT2D eigenvalue weighted by molar-refractivity contribution is 9.10. The van der Waals surface area contributed by atoms with E-state index < -0.39 is 0 Å². The molecular formula is C16H17BrN2O2. The number of hydrogen-bond acceptors (Lipinski definition) is 2. The van der Waals surface area contributed by atoms with Crippen molar-refractivity contribution in [3.63, 3.8) is 0 Å². The maximum Gasteiger partial charge on any atom is 0.322 e. The van der Waals surface area contributed by atoms with Crippen molar-refractivity contribution >= 4 is 27.7 Å². The molecule has 4 nitrogen and oxygen atoms in total.